The fraction of sp³-hybridized carbons (Fsp3) is 0.381. The number of fused-ring (bicyclic) bond motifs is 1. The summed E-state index contributed by atoms with van der Waals surface area (Å²) in [7, 11) is 1.74. The fourth-order valence-electron chi connectivity index (χ4n) is 3.97. The molecule has 27 heavy (non-hydrogen) atoms. The Balaban J connectivity index is 1.56. The summed E-state index contributed by atoms with van der Waals surface area (Å²) in [6.07, 6.45) is 5.21. The van der Waals surface area contributed by atoms with Crippen LogP contribution in [0.25, 0.3) is 22.2 Å². The molecule has 0 atom stereocenters. The zero-order valence-electron chi connectivity index (χ0n) is 15.3. The van der Waals surface area contributed by atoms with Crippen molar-refractivity contribution in [1.82, 2.24) is 14.9 Å². The first-order chi connectivity index (χ1) is 13.2. The molecule has 1 aliphatic heterocycles. The van der Waals surface area contributed by atoms with Gasteiger partial charge >= 0.3 is 0 Å². The van der Waals surface area contributed by atoms with Gasteiger partial charge in [-0.15, -0.1) is 0 Å². The molecular formula is C21H23ClFN3O. The average molecular weight is 388 g/mol. The second-order valence-electron chi connectivity index (χ2n) is 7.06. The van der Waals surface area contributed by atoms with Crippen LogP contribution in [0.3, 0.4) is 0 Å². The minimum Gasteiger partial charge on any atom is -0.383 e. The summed E-state index contributed by atoms with van der Waals surface area (Å²) < 4.78 is 19.3. The van der Waals surface area contributed by atoms with Crippen LogP contribution in [0.15, 0.2) is 36.7 Å². The molecule has 4 rings (SSSR count). The summed E-state index contributed by atoms with van der Waals surface area (Å²) in [6, 6.07) is 7.93. The number of aromatic nitrogens is 2. The van der Waals surface area contributed by atoms with Crippen molar-refractivity contribution in [3.63, 3.8) is 0 Å². The van der Waals surface area contributed by atoms with E-state index in [4.69, 9.17) is 16.3 Å². The third-order valence-corrected chi connectivity index (χ3v) is 5.80. The Labute approximate surface area is 163 Å². The van der Waals surface area contributed by atoms with Gasteiger partial charge in [0.15, 0.2) is 5.82 Å². The molecule has 142 valence electrons. The Hall–Kier alpha value is -1.95. The van der Waals surface area contributed by atoms with Crippen molar-refractivity contribution >= 4 is 22.6 Å². The van der Waals surface area contributed by atoms with Gasteiger partial charge in [-0.1, -0.05) is 23.7 Å². The molecule has 0 aliphatic carbocycles. The molecule has 3 heterocycles. The predicted molar refractivity (Wildman–Crippen MR) is 107 cm³/mol. The molecule has 0 unspecified atom stereocenters. The van der Waals surface area contributed by atoms with E-state index in [9.17, 15) is 4.39 Å². The number of H-pyrrole nitrogens is 1. The summed E-state index contributed by atoms with van der Waals surface area (Å²) in [5.74, 6) is 0.170. The number of piperidine rings is 1. The van der Waals surface area contributed by atoms with E-state index in [0.717, 1.165) is 55.2 Å². The maximum Gasteiger partial charge on any atom is 0.150 e. The van der Waals surface area contributed by atoms with E-state index in [1.54, 1.807) is 13.3 Å². The number of halogens is 2. The van der Waals surface area contributed by atoms with Gasteiger partial charge in [-0.25, -0.2) is 9.37 Å². The summed E-state index contributed by atoms with van der Waals surface area (Å²) in [6.45, 7) is 3.88. The molecule has 1 fully saturated rings. The highest BCUT2D eigenvalue weighted by molar-refractivity contribution is 6.31. The third kappa shape index (κ3) is 3.72. The lowest BCUT2D eigenvalue weighted by atomic mass is 9.88. The largest absolute Gasteiger partial charge is 0.383 e. The van der Waals surface area contributed by atoms with E-state index in [1.165, 1.54) is 11.8 Å². The van der Waals surface area contributed by atoms with Crippen LogP contribution in [0.1, 0.15) is 24.3 Å². The Morgan fingerprint density at radius 2 is 2.11 bits per heavy atom. The first kappa shape index (κ1) is 18.4. The summed E-state index contributed by atoms with van der Waals surface area (Å²) in [4.78, 5) is 9.48. The molecule has 0 spiro atoms. The number of nitrogens with zero attached hydrogens (tertiary/aromatic N) is 2. The van der Waals surface area contributed by atoms with E-state index >= 15 is 0 Å². The quantitative estimate of drug-likeness (QED) is 0.680. The summed E-state index contributed by atoms with van der Waals surface area (Å²) >= 11 is 6.65. The molecule has 1 saturated heterocycles. The Kier molecular flexibility index (Phi) is 5.43. The molecule has 4 nitrogen and oxygen atoms in total. The number of rotatable bonds is 5. The first-order valence-electron chi connectivity index (χ1n) is 9.30. The highest BCUT2D eigenvalue weighted by Crippen LogP contribution is 2.37. The molecule has 0 bridgehead atoms. The summed E-state index contributed by atoms with van der Waals surface area (Å²) in [5.41, 5.74) is 3.45. The number of benzene rings is 1. The van der Waals surface area contributed by atoms with Gasteiger partial charge in [0.25, 0.3) is 0 Å². The zero-order valence-corrected chi connectivity index (χ0v) is 16.1. The number of hydrogen-bond donors (Lipinski definition) is 1. The molecule has 6 heteroatoms. The second kappa shape index (κ2) is 7.97. The van der Waals surface area contributed by atoms with E-state index in [-0.39, 0.29) is 5.82 Å². The van der Waals surface area contributed by atoms with Gasteiger partial charge in [0.05, 0.1) is 12.0 Å². The van der Waals surface area contributed by atoms with Crippen LogP contribution in [0.4, 0.5) is 4.39 Å². The molecule has 1 aromatic carbocycles. The van der Waals surface area contributed by atoms with E-state index in [1.807, 2.05) is 18.2 Å². The van der Waals surface area contributed by atoms with Crippen molar-refractivity contribution in [3.05, 3.63) is 53.1 Å². The number of aromatic amines is 1. The van der Waals surface area contributed by atoms with E-state index in [0.29, 0.717) is 17.0 Å². The molecular weight excluding hydrogens is 365 g/mol. The van der Waals surface area contributed by atoms with Crippen LogP contribution in [0.2, 0.25) is 5.02 Å². The van der Waals surface area contributed by atoms with Crippen molar-refractivity contribution in [2.24, 2.45) is 0 Å². The number of hydrogen-bond acceptors (Lipinski definition) is 3. The van der Waals surface area contributed by atoms with Gasteiger partial charge in [-0.2, -0.15) is 0 Å². The van der Waals surface area contributed by atoms with Gasteiger partial charge in [-0.3, -0.25) is 0 Å². The maximum atomic E-state index is 14.2. The molecule has 1 N–H and O–H groups in total. The highest BCUT2D eigenvalue weighted by atomic mass is 35.5. The maximum absolute atomic E-state index is 14.2. The minimum absolute atomic E-state index is 0.295. The lowest BCUT2D eigenvalue weighted by Crippen LogP contribution is -2.35. The van der Waals surface area contributed by atoms with Crippen molar-refractivity contribution < 1.29 is 9.13 Å². The van der Waals surface area contributed by atoms with Gasteiger partial charge in [0, 0.05) is 31.1 Å². The van der Waals surface area contributed by atoms with Gasteiger partial charge in [-0.05, 0) is 60.7 Å². The lowest BCUT2D eigenvalue weighted by Gasteiger charge is -2.32. The molecule has 0 saturated carbocycles. The fourth-order valence-corrected chi connectivity index (χ4v) is 4.31. The molecule has 0 radical (unpaired) electrons. The Morgan fingerprint density at radius 1 is 1.30 bits per heavy atom. The first-order valence-corrected chi connectivity index (χ1v) is 9.68. The monoisotopic (exact) mass is 387 g/mol. The molecule has 1 aliphatic rings. The molecule has 2 aromatic heterocycles. The Bertz CT molecular complexity index is 934. The number of nitrogens with one attached hydrogen (secondary N) is 1. The summed E-state index contributed by atoms with van der Waals surface area (Å²) in [5, 5.41) is 1.26. The highest BCUT2D eigenvalue weighted by Gasteiger charge is 2.22. The number of likely N-dealkylation sites (tertiary alicyclic amines) is 1. The van der Waals surface area contributed by atoms with Crippen molar-refractivity contribution in [2.45, 2.75) is 18.8 Å². The average Bonchev–Trinajstić information content (AvgIpc) is 3.08. The SMILES string of the molecule is COCCN1CCC(c2ccc(-c3ccnc4[nH]cc(F)c34)cc2Cl)CC1. The van der Waals surface area contributed by atoms with Crippen molar-refractivity contribution in [1.29, 1.82) is 0 Å². The minimum atomic E-state index is -0.295. The topological polar surface area (TPSA) is 41.1 Å². The van der Waals surface area contributed by atoms with Gasteiger partial charge in [0.2, 0.25) is 0 Å². The van der Waals surface area contributed by atoms with Crippen molar-refractivity contribution in [3.8, 4) is 11.1 Å². The van der Waals surface area contributed by atoms with Crippen LogP contribution in [0.5, 0.6) is 0 Å². The van der Waals surface area contributed by atoms with E-state index in [2.05, 4.69) is 20.9 Å². The number of ether oxygens (including phenoxy) is 1. The van der Waals surface area contributed by atoms with Gasteiger partial charge < -0.3 is 14.6 Å². The van der Waals surface area contributed by atoms with Crippen LogP contribution in [0, 0.1) is 5.82 Å². The third-order valence-electron chi connectivity index (χ3n) is 5.48. The standard InChI is InChI=1S/C21H23ClFN3O/c1-27-11-10-26-8-5-14(6-9-26)16-3-2-15(12-18(16)22)17-4-7-24-21-20(17)19(23)13-25-21/h2-4,7,12-14H,5-6,8-11H2,1H3,(H,24,25). The number of pyridine rings is 1. The van der Waals surface area contributed by atoms with Crippen LogP contribution in [-0.4, -0.2) is 48.2 Å². The lowest BCUT2D eigenvalue weighted by molar-refractivity contribution is 0.130. The second-order valence-corrected chi connectivity index (χ2v) is 7.47. The van der Waals surface area contributed by atoms with E-state index < -0.39 is 0 Å². The number of methoxy groups -OCH3 is 1. The molecule has 3 aromatic rings. The Morgan fingerprint density at radius 3 is 2.85 bits per heavy atom. The smallest absolute Gasteiger partial charge is 0.150 e. The predicted octanol–water partition coefficient (Wildman–Crippen LogP) is 4.85. The van der Waals surface area contributed by atoms with Gasteiger partial charge in [0.1, 0.15) is 5.65 Å². The normalized spacial score (nSPS) is 16.3. The molecule has 0 amide bonds. The van der Waals surface area contributed by atoms with Crippen molar-refractivity contribution in [2.75, 3.05) is 33.4 Å². The van der Waals surface area contributed by atoms with Crippen LogP contribution < -0.4 is 0 Å². The zero-order chi connectivity index (χ0) is 18.8. The van der Waals surface area contributed by atoms with Crippen LogP contribution in [-0.2, 0) is 4.74 Å². The van der Waals surface area contributed by atoms with Crippen LogP contribution >= 0.6 is 11.6 Å².